The SMILES string of the molecule is N#[N+]c1ccccc1Br.N#[N+]c1ccccc1Br.N#[N+]c1ccccc1Br.N#[N+]c1ccccc1Br.N#[N+]c1ccccc1Br.N#[N+]c1ccccc1Br.N#[N+]c1ccccc1Br.[F-].[F-].[F-].[F-].[O-]B([O-])[O-]. The van der Waals surface area contributed by atoms with Crippen molar-refractivity contribution in [3.05, 3.63) is 236 Å². The maximum absolute atomic E-state index is 8.42. The van der Waals surface area contributed by atoms with Crippen LogP contribution in [0.2, 0.25) is 0 Å². The van der Waals surface area contributed by atoms with Gasteiger partial charge in [-0.3, -0.25) is 7.32 Å². The second kappa shape index (κ2) is 45.9. The molecule has 7 aromatic carbocycles. The van der Waals surface area contributed by atoms with Crippen molar-refractivity contribution in [1.82, 2.24) is 0 Å². The molecule has 29 heteroatoms. The highest BCUT2D eigenvalue weighted by molar-refractivity contribution is 9.11. The zero-order valence-corrected chi connectivity index (χ0v) is 46.5. The van der Waals surface area contributed by atoms with Gasteiger partial charge in [0.2, 0.25) is 37.7 Å². The van der Waals surface area contributed by atoms with Crippen molar-refractivity contribution in [2.75, 3.05) is 0 Å². The monoisotopic (exact) mass is 1420 g/mol. The van der Waals surface area contributed by atoms with Gasteiger partial charge in [0.05, 0.1) is 0 Å². The maximum Gasteiger partial charge on any atom is 0.399 e. The van der Waals surface area contributed by atoms with Crippen molar-refractivity contribution in [3.63, 3.8) is 0 Å². The van der Waals surface area contributed by atoms with Gasteiger partial charge < -0.3 is 33.9 Å². The van der Waals surface area contributed by atoms with E-state index in [0.29, 0.717) is 39.8 Å². The van der Waals surface area contributed by atoms with Crippen molar-refractivity contribution >= 4 is 159 Å². The van der Waals surface area contributed by atoms with Gasteiger partial charge in [0.1, 0.15) is 31.3 Å². The Bertz CT molecular complexity index is 2400. The Morgan fingerprint density at radius 2 is 0.324 bits per heavy atom. The highest BCUT2D eigenvalue weighted by Gasteiger charge is 2.11. The van der Waals surface area contributed by atoms with Crippen LogP contribution in [-0.2, 0) is 0 Å². The first kappa shape index (κ1) is 73.5. The summed E-state index contributed by atoms with van der Waals surface area (Å²) in [6, 6.07) is 50.3. The fourth-order valence-electron chi connectivity index (χ4n) is 3.73. The smallest absolute Gasteiger partial charge is 0.399 e. The molecule has 0 radical (unpaired) electrons. The van der Waals surface area contributed by atoms with E-state index in [1.807, 2.05) is 84.9 Å². The predicted octanol–water partition coefficient (Wildman–Crippen LogP) is 4.60. The molecule has 0 bridgehead atoms. The Balaban J connectivity index is -0.000000233. The second-order valence-corrected chi connectivity index (χ2v) is 17.1. The molecule has 7 aromatic rings. The number of hydrogen-bond donors (Lipinski definition) is 0. The normalized spacial score (nSPS) is 7.87. The number of rotatable bonds is 0. The molecule has 0 amide bonds. The molecule has 0 fully saturated rings. The Labute approximate surface area is 462 Å². The Morgan fingerprint density at radius 3 is 0.380 bits per heavy atom. The largest absolute Gasteiger partial charge is 1.00 e. The molecule has 71 heavy (non-hydrogen) atoms. The summed E-state index contributed by atoms with van der Waals surface area (Å²) >= 11 is 22.4. The minimum absolute atomic E-state index is 0. The Hall–Kier alpha value is -6.50. The first-order chi connectivity index (χ1) is 32.1. The van der Waals surface area contributed by atoms with Crippen LogP contribution >= 0.6 is 112 Å². The second-order valence-electron chi connectivity index (χ2n) is 11.1. The molecular formula is C42H28BBr7F4N14O3. The Morgan fingerprint density at radius 1 is 0.239 bits per heavy atom. The zero-order valence-electron chi connectivity index (χ0n) is 35.4. The van der Waals surface area contributed by atoms with Gasteiger partial charge in [0.25, 0.3) is 0 Å². The van der Waals surface area contributed by atoms with E-state index >= 15 is 0 Å². The molecule has 0 aliphatic carbocycles. The number of nitrogens with zero attached hydrogens (tertiary/aromatic N) is 14. The van der Waals surface area contributed by atoms with Crippen molar-refractivity contribution in [2.45, 2.75) is 0 Å². The van der Waals surface area contributed by atoms with Crippen LogP contribution in [-0.4, -0.2) is 7.32 Å². The van der Waals surface area contributed by atoms with Gasteiger partial charge in [-0.05, 0) is 154 Å². The fraction of sp³-hybridized carbons (Fsp3) is 0. The van der Waals surface area contributed by atoms with Crippen LogP contribution < -0.4 is 33.9 Å². The molecule has 0 saturated carbocycles. The molecular weight excluding hydrogens is 1390 g/mol. The van der Waals surface area contributed by atoms with Gasteiger partial charge >= 0.3 is 39.8 Å². The van der Waals surface area contributed by atoms with Crippen molar-refractivity contribution in [2.24, 2.45) is 0 Å². The third-order valence-electron chi connectivity index (χ3n) is 6.72. The van der Waals surface area contributed by atoms with Crippen LogP contribution in [0.5, 0.6) is 0 Å². The topological polar surface area (TPSA) is 266 Å². The summed E-state index contributed by atoms with van der Waals surface area (Å²) in [5, 5.41) is 83.4. The number of hydrogen-bond acceptors (Lipinski definition) is 10. The summed E-state index contributed by atoms with van der Waals surface area (Å²) in [5.41, 5.74) is 3.87. The quantitative estimate of drug-likeness (QED) is 0.116. The summed E-state index contributed by atoms with van der Waals surface area (Å²) < 4.78 is 5.59. The summed E-state index contributed by atoms with van der Waals surface area (Å²) in [7, 11) is -2.92. The molecule has 0 aliphatic rings. The van der Waals surface area contributed by atoms with Gasteiger partial charge in [-0.15, -0.1) is 0 Å². The van der Waals surface area contributed by atoms with Crippen LogP contribution in [0.3, 0.4) is 0 Å². The van der Waals surface area contributed by atoms with Crippen molar-refractivity contribution in [1.29, 1.82) is 37.7 Å². The lowest BCUT2D eigenvalue weighted by molar-refractivity contribution is -0.479. The molecule has 7 rings (SSSR count). The summed E-state index contributed by atoms with van der Waals surface area (Å²) in [5.74, 6) is 0. The molecule has 364 valence electrons. The van der Waals surface area contributed by atoms with E-state index < -0.39 is 7.32 Å². The summed E-state index contributed by atoms with van der Waals surface area (Å²) in [6.45, 7) is 0. The summed E-state index contributed by atoms with van der Waals surface area (Å²) in [6.07, 6.45) is 0. The molecule has 0 aromatic heterocycles. The molecule has 0 atom stereocenters. The van der Waals surface area contributed by atoms with Crippen LogP contribution in [0.4, 0.5) is 39.8 Å². The van der Waals surface area contributed by atoms with E-state index in [0.717, 1.165) is 31.3 Å². The lowest BCUT2D eigenvalue weighted by Gasteiger charge is -2.35. The van der Waals surface area contributed by atoms with Crippen LogP contribution in [0.25, 0.3) is 34.8 Å². The third-order valence-corrected chi connectivity index (χ3v) is 11.4. The maximum atomic E-state index is 8.42. The van der Waals surface area contributed by atoms with Gasteiger partial charge in [-0.25, -0.2) is 0 Å². The molecule has 0 unspecified atom stereocenters. The first-order valence-corrected chi connectivity index (χ1v) is 23.3. The van der Waals surface area contributed by atoms with Crippen molar-refractivity contribution < 1.29 is 33.9 Å². The van der Waals surface area contributed by atoms with E-state index in [9.17, 15) is 0 Å². The predicted molar refractivity (Wildman–Crippen MR) is 278 cm³/mol. The van der Waals surface area contributed by atoms with Crippen LogP contribution in [0, 0.1) is 37.7 Å². The molecule has 0 N–H and O–H groups in total. The minimum Gasteiger partial charge on any atom is -1.00 e. The fourth-order valence-corrected chi connectivity index (χ4v) is 6.28. The zero-order chi connectivity index (χ0) is 50.4. The molecule has 0 spiro atoms. The van der Waals surface area contributed by atoms with E-state index in [2.05, 4.69) is 146 Å². The Kier molecular flexibility index (Phi) is 47.5. The number of diazo groups is 7. The van der Waals surface area contributed by atoms with E-state index in [1.165, 1.54) is 0 Å². The average molecular weight is 1420 g/mol. The van der Waals surface area contributed by atoms with Crippen LogP contribution in [0.1, 0.15) is 0 Å². The minimum atomic E-state index is -2.92. The average Bonchev–Trinajstić information content (AvgIpc) is 3.34. The lowest BCUT2D eigenvalue weighted by Crippen LogP contribution is -3.00. The lowest BCUT2D eigenvalue weighted by atomic mass is 10.3. The van der Waals surface area contributed by atoms with E-state index in [1.54, 1.807) is 84.9 Å². The molecule has 17 nitrogen and oxygen atoms in total. The molecule has 0 saturated heterocycles. The first-order valence-electron chi connectivity index (χ1n) is 17.8. The van der Waals surface area contributed by atoms with Gasteiger partial charge in [0.15, 0.2) is 34.8 Å². The molecule has 0 heterocycles. The third kappa shape index (κ3) is 33.6. The molecule has 0 aliphatic heterocycles. The van der Waals surface area contributed by atoms with Gasteiger partial charge in [-0.2, -0.15) is 0 Å². The van der Waals surface area contributed by atoms with Crippen molar-refractivity contribution in [3.8, 4) is 0 Å². The summed E-state index contributed by atoms with van der Waals surface area (Å²) in [4.78, 5) is 21.2. The standard InChI is InChI=1S/7C6H4BrN2.BO3.4FH/c7*7-5-3-1-2-4-6(5)9-8;2-1(3)4;;;;/h7*1-4H;;4*1H/q7*+1;-3;;;;/p-4. The number of halogens is 11. The van der Waals surface area contributed by atoms with E-state index in [-0.39, 0.29) is 18.8 Å². The van der Waals surface area contributed by atoms with Crippen LogP contribution in [0.15, 0.2) is 201 Å². The highest BCUT2D eigenvalue weighted by atomic mass is 79.9. The van der Waals surface area contributed by atoms with Gasteiger partial charge in [-0.1, -0.05) is 84.9 Å². The highest BCUT2D eigenvalue weighted by Crippen LogP contribution is 2.27. The number of benzene rings is 7. The van der Waals surface area contributed by atoms with E-state index in [4.69, 9.17) is 52.8 Å². The van der Waals surface area contributed by atoms with Gasteiger partial charge in [0, 0.05) is 42.5 Å².